The molecule has 3 nitrogen and oxygen atoms in total. The number of hydrogen-bond acceptors (Lipinski definition) is 3. The van der Waals surface area contributed by atoms with E-state index in [4.69, 9.17) is 16.3 Å². The molecule has 0 aliphatic carbocycles. The van der Waals surface area contributed by atoms with Gasteiger partial charge in [-0.1, -0.05) is 11.6 Å². The van der Waals surface area contributed by atoms with Crippen molar-refractivity contribution in [2.45, 2.75) is 20.4 Å². The maximum atomic E-state index is 10.8. The van der Waals surface area contributed by atoms with E-state index in [0.717, 1.165) is 16.9 Å². The fourth-order valence-corrected chi connectivity index (χ4v) is 1.89. The van der Waals surface area contributed by atoms with Crippen LogP contribution in [-0.4, -0.2) is 19.4 Å². The Morgan fingerprint density at radius 1 is 1.50 bits per heavy atom. The molecule has 88 valence electrons. The van der Waals surface area contributed by atoms with Crippen LogP contribution in [0, 0.1) is 6.92 Å². The highest BCUT2D eigenvalue weighted by molar-refractivity contribution is 6.30. The molecule has 0 saturated carbocycles. The number of hydrogen-bond donors (Lipinski definition) is 1. The van der Waals surface area contributed by atoms with Crippen molar-refractivity contribution in [2.75, 3.05) is 13.7 Å². The number of ketones is 1. The van der Waals surface area contributed by atoms with E-state index >= 15 is 0 Å². The molecule has 0 aliphatic heterocycles. The fourth-order valence-electron chi connectivity index (χ4n) is 1.60. The molecule has 1 rings (SSSR count). The van der Waals surface area contributed by atoms with Gasteiger partial charge in [-0.3, -0.25) is 4.79 Å². The summed E-state index contributed by atoms with van der Waals surface area (Å²) in [6, 6.07) is 3.70. The van der Waals surface area contributed by atoms with Gasteiger partial charge in [-0.2, -0.15) is 0 Å². The van der Waals surface area contributed by atoms with Crippen LogP contribution in [0.3, 0.4) is 0 Å². The Balaban J connectivity index is 2.81. The van der Waals surface area contributed by atoms with Crippen LogP contribution in [0.1, 0.15) is 18.1 Å². The van der Waals surface area contributed by atoms with Gasteiger partial charge in [0, 0.05) is 17.1 Å². The minimum absolute atomic E-state index is 0.109. The van der Waals surface area contributed by atoms with Crippen molar-refractivity contribution >= 4 is 17.4 Å². The van der Waals surface area contributed by atoms with Gasteiger partial charge in [-0.05, 0) is 31.5 Å². The molecule has 0 spiro atoms. The Bertz CT molecular complexity index is 391. The predicted molar refractivity (Wildman–Crippen MR) is 65.1 cm³/mol. The standard InChI is InChI=1S/C12H16ClNO2/c1-8-4-11(13)5-10(12(8)16-3)7-14-6-9(2)15/h4-5,14H,6-7H2,1-3H3. The zero-order valence-corrected chi connectivity index (χ0v) is 10.5. The lowest BCUT2D eigenvalue weighted by Crippen LogP contribution is -2.20. The van der Waals surface area contributed by atoms with Gasteiger partial charge < -0.3 is 10.1 Å². The zero-order valence-electron chi connectivity index (χ0n) is 9.76. The lowest BCUT2D eigenvalue weighted by molar-refractivity contribution is -0.116. The van der Waals surface area contributed by atoms with E-state index in [1.807, 2.05) is 19.1 Å². The van der Waals surface area contributed by atoms with Crippen LogP contribution in [0.4, 0.5) is 0 Å². The van der Waals surface area contributed by atoms with Gasteiger partial charge in [-0.25, -0.2) is 0 Å². The van der Waals surface area contributed by atoms with Gasteiger partial charge in [0.25, 0.3) is 0 Å². The number of nitrogens with one attached hydrogen (secondary N) is 1. The van der Waals surface area contributed by atoms with Gasteiger partial charge in [0.15, 0.2) is 0 Å². The van der Waals surface area contributed by atoms with Crippen LogP contribution >= 0.6 is 11.6 Å². The molecule has 0 unspecified atom stereocenters. The second-order valence-electron chi connectivity index (χ2n) is 3.72. The smallest absolute Gasteiger partial charge is 0.143 e. The van der Waals surface area contributed by atoms with Crippen LogP contribution in [0.2, 0.25) is 5.02 Å². The quantitative estimate of drug-likeness (QED) is 0.860. The first-order valence-electron chi connectivity index (χ1n) is 5.07. The van der Waals surface area contributed by atoms with Crippen LogP contribution in [0.15, 0.2) is 12.1 Å². The first kappa shape index (κ1) is 13.0. The molecule has 0 aromatic heterocycles. The normalized spacial score (nSPS) is 10.2. The van der Waals surface area contributed by atoms with Crippen molar-refractivity contribution in [1.29, 1.82) is 0 Å². The zero-order chi connectivity index (χ0) is 12.1. The summed E-state index contributed by atoms with van der Waals surface area (Å²) in [5.41, 5.74) is 1.96. The molecule has 4 heteroatoms. The average Bonchev–Trinajstić information content (AvgIpc) is 2.16. The highest BCUT2D eigenvalue weighted by Crippen LogP contribution is 2.27. The van der Waals surface area contributed by atoms with Gasteiger partial charge in [0.2, 0.25) is 0 Å². The Morgan fingerprint density at radius 3 is 2.75 bits per heavy atom. The number of Topliss-reactive ketones (excluding diaryl/α,β-unsaturated/α-hetero) is 1. The summed E-state index contributed by atoms with van der Waals surface area (Å²) in [7, 11) is 1.63. The molecule has 0 amide bonds. The number of rotatable bonds is 5. The van der Waals surface area contributed by atoms with Crippen molar-refractivity contribution in [1.82, 2.24) is 5.32 Å². The van der Waals surface area contributed by atoms with E-state index in [-0.39, 0.29) is 5.78 Å². The number of aryl methyl sites for hydroxylation is 1. The van der Waals surface area contributed by atoms with Gasteiger partial charge in [0.1, 0.15) is 11.5 Å². The largest absolute Gasteiger partial charge is 0.496 e. The van der Waals surface area contributed by atoms with Crippen molar-refractivity contribution in [3.05, 3.63) is 28.3 Å². The van der Waals surface area contributed by atoms with Crippen LogP contribution < -0.4 is 10.1 Å². The minimum atomic E-state index is 0.109. The molecular formula is C12H16ClNO2. The van der Waals surface area contributed by atoms with Crippen molar-refractivity contribution < 1.29 is 9.53 Å². The van der Waals surface area contributed by atoms with E-state index in [1.165, 1.54) is 0 Å². The topological polar surface area (TPSA) is 38.3 Å². The monoisotopic (exact) mass is 241 g/mol. The number of benzene rings is 1. The van der Waals surface area contributed by atoms with Crippen molar-refractivity contribution in [2.24, 2.45) is 0 Å². The molecule has 0 fully saturated rings. The number of halogens is 1. The van der Waals surface area contributed by atoms with Crippen LogP contribution in [0.5, 0.6) is 5.75 Å². The number of ether oxygens (including phenoxy) is 1. The molecule has 1 N–H and O–H groups in total. The third-order valence-corrected chi connectivity index (χ3v) is 2.43. The predicted octanol–water partition coefficient (Wildman–Crippen LogP) is 2.34. The number of carbonyl (C=O) groups is 1. The Kier molecular flexibility index (Phi) is 4.77. The Labute approximate surface area is 101 Å². The molecule has 0 aliphatic rings. The number of carbonyl (C=O) groups excluding carboxylic acids is 1. The van der Waals surface area contributed by atoms with Crippen molar-refractivity contribution in [3.63, 3.8) is 0 Å². The third-order valence-electron chi connectivity index (χ3n) is 2.21. The highest BCUT2D eigenvalue weighted by Gasteiger charge is 2.07. The molecule has 0 bridgehead atoms. The lowest BCUT2D eigenvalue weighted by atomic mass is 10.1. The summed E-state index contributed by atoms with van der Waals surface area (Å²) in [5, 5.41) is 3.72. The molecule has 16 heavy (non-hydrogen) atoms. The van der Waals surface area contributed by atoms with E-state index in [1.54, 1.807) is 14.0 Å². The molecule has 1 aromatic rings. The summed E-state index contributed by atoms with van der Waals surface area (Å²) >= 11 is 5.97. The summed E-state index contributed by atoms with van der Waals surface area (Å²) < 4.78 is 5.31. The van der Waals surface area contributed by atoms with Gasteiger partial charge in [-0.15, -0.1) is 0 Å². The van der Waals surface area contributed by atoms with E-state index in [9.17, 15) is 4.79 Å². The lowest BCUT2D eigenvalue weighted by Gasteiger charge is -2.12. The van der Waals surface area contributed by atoms with Gasteiger partial charge >= 0.3 is 0 Å². The highest BCUT2D eigenvalue weighted by atomic mass is 35.5. The maximum absolute atomic E-state index is 10.8. The molecule has 0 radical (unpaired) electrons. The Morgan fingerprint density at radius 2 is 2.19 bits per heavy atom. The molecule has 0 saturated heterocycles. The first-order valence-corrected chi connectivity index (χ1v) is 5.45. The van der Waals surface area contributed by atoms with Gasteiger partial charge in [0.05, 0.1) is 13.7 Å². The SMILES string of the molecule is COc1c(C)cc(Cl)cc1CNCC(C)=O. The van der Waals surface area contributed by atoms with Crippen LogP contribution in [-0.2, 0) is 11.3 Å². The average molecular weight is 242 g/mol. The van der Waals surface area contributed by atoms with E-state index < -0.39 is 0 Å². The summed E-state index contributed by atoms with van der Waals surface area (Å²) in [6.45, 7) is 4.42. The molecule has 0 atom stereocenters. The van der Waals surface area contributed by atoms with E-state index in [0.29, 0.717) is 18.1 Å². The molecule has 1 aromatic carbocycles. The van der Waals surface area contributed by atoms with Crippen molar-refractivity contribution in [3.8, 4) is 5.75 Å². The third kappa shape index (κ3) is 3.51. The first-order chi connectivity index (χ1) is 7.54. The Hall–Kier alpha value is -1.06. The minimum Gasteiger partial charge on any atom is -0.496 e. The summed E-state index contributed by atoms with van der Waals surface area (Å²) in [6.07, 6.45) is 0. The number of methoxy groups -OCH3 is 1. The summed E-state index contributed by atoms with van der Waals surface area (Å²) in [5.74, 6) is 0.929. The summed E-state index contributed by atoms with van der Waals surface area (Å²) in [4.78, 5) is 10.8. The van der Waals surface area contributed by atoms with E-state index in [2.05, 4.69) is 5.32 Å². The maximum Gasteiger partial charge on any atom is 0.143 e. The van der Waals surface area contributed by atoms with Crippen LogP contribution in [0.25, 0.3) is 0 Å². The molecular weight excluding hydrogens is 226 g/mol. The molecule has 0 heterocycles. The fraction of sp³-hybridized carbons (Fsp3) is 0.417. The second kappa shape index (κ2) is 5.87. The second-order valence-corrected chi connectivity index (χ2v) is 4.16.